The Bertz CT molecular complexity index is 866. The van der Waals surface area contributed by atoms with Gasteiger partial charge in [0.1, 0.15) is 0 Å². The molecular weight excluding hydrogens is 330 g/mol. The first-order chi connectivity index (χ1) is 12.8. The molecule has 1 fully saturated rings. The van der Waals surface area contributed by atoms with Crippen LogP contribution in [0.15, 0.2) is 61.3 Å². The molecule has 4 heterocycles. The monoisotopic (exact) mass is 349 g/mol. The van der Waals surface area contributed by atoms with Gasteiger partial charge < -0.3 is 5.32 Å². The molecule has 0 aromatic carbocycles. The molecule has 0 bridgehead atoms. The number of nitrogens with zero attached hydrogens (tertiary/aromatic N) is 4. The lowest BCUT2D eigenvalue weighted by Gasteiger charge is -2.18. The highest BCUT2D eigenvalue weighted by molar-refractivity contribution is 5.80. The van der Waals surface area contributed by atoms with Crippen molar-refractivity contribution in [3.63, 3.8) is 0 Å². The lowest BCUT2D eigenvalue weighted by atomic mass is 9.95. The highest BCUT2D eigenvalue weighted by Gasteiger charge is 2.33. The number of carbonyl (C=O) groups excluding carboxylic acids is 1. The molecule has 3 aromatic rings. The third kappa shape index (κ3) is 3.32. The first-order valence-corrected chi connectivity index (χ1v) is 8.43. The number of hydrazine groups is 1. The van der Waals surface area contributed by atoms with Gasteiger partial charge in [-0.05, 0) is 23.8 Å². The van der Waals surface area contributed by atoms with Gasteiger partial charge in [-0.2, -0.15) is 5.10 Å². The van der Waals surface area contributed by atoms with Crippen LogP contribution in [-0.2, 0) is 11.3 Å². The molecule has 26 heavy (non-hydrogen) atoms. The zero-order chi connectivity index (χ0) is 17.8. The summed E-state index contributed by atoms with van der Waals surface area (Å²) >= 11 is 0. The zero-order valence-corrected chi connectivity index (χ0v) is 14.0. The minimum atomic E-state index is -0.218. The van der Waals surface area contributed by atoms with Gasteiger partial charge in [0, 0.05) is 49.6 Å². The molecule has 3 N–H and O–H groups in total. The van der Waals surface area contributed by atoms with Crippen molar-refractivity contribution in [3.8, 4) is 5.82 Å². The Labute approximate surface area is 150 Å². The Morgan fingerprint density at radius 2 is 2.15 bits per heavy atom. The van der Waals surface area contributed by atoms with E-state index in [2.05, 4.69) is 31.2 Å². The molecule has 2 unspecified atom stereocenters. The van der Waals surface area contributed by atoms with Crippen LogP contribution < -0.4 is 16.2 Å². The van der Waals surface area contributed by atoms with Crippen molar-refractivity contribution in [1.82, 2.24) is 35.9 Å². The van der Waals surface area contributed by atoms with E-state index >= 15 is 0 Å². The maximum Gasteiger partial charge on any atom is 0.226 e. The summed E-state index contributed by atoms with van der Waals surface area (Å²) in [5.74, 6) is 0.472. The first kappa shape index (κ1) is 16.4. The summed E-state index contributed by atoms with van der Waals surface area (Å²) in [4.78, 5) is 21.3. The molecule has 3 aromatic heterocycles. The van der Waals surface area contributed by atoms with Gasteiger partial charge in [-0.25, -0.2) is 15.1 Å². The predicted molar refractivity (Wildman–Crippen MR) is 94.8 cm³/mol. The second kappa shape index (κ2) is 7.42. The maximum atomic E-state index is 12.7. The smallest absolute Gasteiger partial charge is 0.226 e. The molecule has 8 heteroatoms. The van der Waals surface area contributed by atoms with Crippen LogP contribution in [0.5, 0.6) is 0 Å². The minimum Gasteiger partial charge on any atom is -0.352 e. The number of nitrogens with one attached hydrogen (secondary N) is 3. The second-order valence-electron chi connectivity index (χ2n) is 6.05. The number of aromatic nitrogens is 4. The molecular formula is C18H19N7O. The number of carbonyl (C=O) groups is 1. The highest BCUT2D eigenvalue weighted by Crippen LogP contribution is 2.24. The molecule has 8 nitrogen and oxygen atoms in total. The quantitative estimate of drug-likeness (QED) is 0.629. The molecule has 1 aliphatic heterocycles. The van der Waals surface area contributed by atoms with E-state index in [0.717, 1.165) is 11.1 Å². The summed E-state index contributed by atoms with van der Waals surface area (Å²) in [6, 6.07) is 9.36. The molecule has 1 aliphatic rings. The third-order valence-electron chi connectivity index (χ3n) is 4.40. The highest BCUT2D eigenvalue weighted by atomic mass is 16.2. The lowest BCUT2D eigenvalue weighted by molar-refractivity contribution is -0.125. The van der Waals surface area contributed by atoms with Crippen molar-refractivity contribution >= 4 is 5.91 Å². The van der Waals surface area contributed by atoms with Gasteiger partial charge in [0.05, 0.1) is 12.0 Å². The molecule has 4 rings (SSSR count). The van der Waals surface area contributed by atoms with Gasteiger partial charge in [-0.3, -0.25) is 15.2 Å². The summed E-state index contributed by atoms with van der Waals surface area (Å²) in [6.07, 6.45) is 8.75. The number of rotatable bonds is 5. The molecule has 0 aliphatic carbocycles. The maximum absolute atomic E-state index is 12.7. The van der Waals surface area contributed by atoms with Gasteiger partial charge in [-0.1, -0.05) is 12.1 Å². The number of amides is 1. The van der Waals surface area contributed by atoms with Crippen molar-refractivity contribution in [2.24, 2.45) is 5.92 Å². The number of hydrogen-bond donors (Lipinski definition) is 3. The van der Waals surface area contributed by atoms with Gasteiger partial charge in [0.15, 0.2) is 5.82 Å². The Morgan fingerprint density at radius 3 is 2.96 bits per heavy atom. The van der Waals surface area contributed by atoms with Crippen molar-refractivity contribution in [1.29, 1.82) is 0 Å². The van der Waals surface area contributed by atoms with Crippen LogP contribution >= 0.6 is 0 Å². The van der Waals surface area contributed by atoms with Crippen LogP contribution in [0.3, 0.4) is 0 Å². The largest absolute Gasteiger partial charge is 0.352 e. The zero-order valence-electron chi connectivity index (χ0n) is 14.0. The van der Waals surface area contributed by atoms with Crippen LogP contribution in [0.25, 0.3) is 5.82 Å². The van der Waals surface area contributed by atoms with Crippen LogP contribution in [0.1, 0.15) is 17.2 Å². The molecule has 132 valence electrons. The molecule has 2 atom stereocenters. The Hall–Kier alpha value is -3.10. The summed E-state index contributed by atoms with van der Waals surface area (Å²) < 4.78 is 1.69. The van der Waals surface area contributed by atoms with Crippen molar-refractivity contribution < 1.29 is 4.79 Å². The van der Waals surface area contributed by atoms with Crippen LogP contribution in [0, 0.1) is 5.92 Å². The van der Waals surface area contributed by atoms with E-state index in [-0.39, 0.29) is 17.9 Å². The minimum absolute atomic E-state index is 0.0216. The molecule has 1 saturated heterocycles. The molecule has 0 spiro atoms. The third-order valence-corrected chi connectivity index (χ3v) is 4.40. The lowest BCUT2D eigenvalue weighted by Crippen LogP contribution is -2.35. The summed E-state index contributed by atoms with van der Waals surface area (Å²) in [7, 11) is 0. The Kier molecular flexibility index (Phi) is 4.67. The Balaban J connectivity index is 1.46. The summed E-state index contributed by atoms with van der Waals surface area (Å²) in [6.45, 7) is 0.947. The van der Waals surface area contributed by atoms with Crippen molar-refractivity contribution in [2.75, 3.05) is 6.54 Å². The predicted octanol–water partition coefficient (Wildman–Crippen LogP) is 0.744. The second-order valence-corrected chi connectivity index (χ2v) is 6.05. The topological polar surface area (TPSA) is 96.8 Å². The fraction of sp³-hybridized carbons (Fsp3) is 0.222. The van der Waals surface area contributed by atoms with E-state index in [1.807, 2.05) is 36.5 Å². The number of hydrogen-bond acceptors (Lipinski definition) is 6. The van der Waals surface area contributed by atoms with Gasteiger partial charge in [0.25, 0.3) is 0 Å². The van der Waals surface area contributed by atoms with Crippen molar-refractivity contribution in [3.05, 3.63) is 72.4 Å². The van der Waals surface area contributed by atoms with E-state index in [1.165, 1.54) is 0 Å². The van der Waals surface area contributed by atoms with Crippen LogP contribution in [0.4, 0.5) is 0 Å². The van der Waals surface area contributed by atoms with Gasteiger partial charge in [0.2, 0.25) is 5.91 Å². The van der Waals surface area contributed by atoms with E-state index in [9.17, 15) is 4.79 Å². The fourth-order valence-corrected chi connectivity index (χ4v) is 3.10. The van der Waals surface area contributed by atoms with Crippen LogP contribution in [0.2, 0.25) is 0 Å². The average molecular weight is 349 g/mol. The van der Waals surface area contributed by atoms with Gasteiger partial charge in [-0.15, -0.1) is 0 Å². The standard InChI is InChI=1S/C18H19N7O/c26-18(15-12-22-24-16(15)13-4-1-6-19-10-13)21-11-14-5-2-7-20-17(14)25-9-3-8-23-25/h1-10,15-16,22,24H,11-12H2,(H,21,26). The van der Waals surface area contributed by atoms with Crippen LogP contribution in [-0.4, -0.2) is 32.2 Å². The van der Waals surface area contributed by atoms with Crippen molar-refractivity contribution in [2.45, 2.75) is 12.6 Å². The molecule has 0 radical (unpaired) electrons. The Morgan fingerprint density at radius 1 is 1.23 bits per heavy atom. The van der Waals surface area contributed by atoms with E-state index in [0.29, 0.717) is 18.9 Å². The van der Waals surface area contributed by atoms with E-state index < -0.39 is 0 Å². The molecule has 0 saturated carbocycles. The number of pyridine rings is 2. The first-order valence-electron chi connectivity index (χ1n) is 8.43. The molecule has 1 amide bonds. The SMILES string of the molecule is O=C(NCc1cccnc1-n1cccn1)C1CNNC1c1cccnc1. The summed E-state index contributed by atoms with van der Waals surface area (Å²) in [5, 5.41) is 7.24. The van der Waals surface area contributed by atoms with Gasteiger partial charge >= 0.3 is 0 Å². The van der Waals surface area contributed by atoms with E-state index in [4.69, 9.17) is 0 Å². The fourth-order valence-electron chi connectivity index (χ4n) is 3.10. The van der Waals surface area contributed by atoms with E-state index in [1.54, 1.807) is 29.5 Å². The average Bonchev–Trinajstić information content (AvgIpc) is 3.39. The normalized spacial score (nSPS) is 19.4. The summed E-state index contributed by atoms with van der Waals surface area (Å²) in [5.41, 5.74) is 8.11.